The second kappa shape index (κ2) is 5.76. The van der Waals surface area contributed by atoms with Crippen LogP contribution in [-0.4, -0.2) is 58.7 Å². The molecule has 2 N–H and O–H groups in total. The Hall–Kier alpha value is -0.210. The summed E-state index contributed by atoms with van der Waals surface area (Å²) >= 11 is 0. The summed E-state index contributed by atoms with van der Waals surface area (Å²) in [5.41, 5.74) is 0. The van der Waals surface area contributed by atoms with E-state index in [1.54, 1.807) is 7.11 Å². The highest BCUT2D eigenvalue weighted by molar-refractivity contribution is 7.87. The maximum absolute atomic E-state index is 11.7. The molecule has 1 aliphatic heterocycles. The third-order valence-corrected chi connectivity index (χ3v) is 3.84. The topological polar surface area (TPSA) is 70.7 Å². The van der Waals surface area contributed by atoms with Gasteiger partial charge in [-0.3, -0.25) is 0 Å². The molecule has 90 valence electrons. The average Bonchev–Trinajstić information content (AvgIpc) is 2.18. The Kier molecular flexibility index (Phi) is 4.94. The van der Waals surface area contributed by atoms with Gasteiger partial charge in [0, 0.05) is 39.3 Å². The number of nitrogens with zero attached hydrogens (tertiary/aromatic N) is 1. The summed E-state index contributed by atoms with van der Waals surface area (Å²) in [7, 11) is -1.78. The van der Waals surface area contributed by atoms with Gasteiger partial charge in [-0.15, -0.1) is 0 Å². The van der Waals surface area contributed by atoms with Crippen molar-refractivity contribution in [2.75, 3.05) is 39.9 Å². The minimum Gasteiger partial charge on any atom is -0.383 e. The molecule has 1 saturated heterocycles. The molecule has 1 rings (SSSR count). The Labute approximate surface area is 91.2 Å². The van der Waals surface area contributed by atoms with Crippen LogP contribution in [0.15, 0.2) is 0 Å². The smallest absolute Gasteiger partial charge is 0.279 e. The van der Waals surface area contributed by atoms with E-state index in [9.17, 15) is 8.42 Å². The lowest BCUT2D eigenvalue weighted by Crippen LogP contribution is -2.54. The van der Waals surface area contributed by atoms with Gasteiger partial charge >= 0.3 is 0 Å². The highest BCUT2D eigenvalue weighted by atomic mass is 32.2. The fourth-order valence-corrected chi connectivity index (χ4v) is 2.75. The van der Waals surface area contributed by atoms with Gasteiger partial charge in [-0.1, -0.05) is 0 Å². The number of hydrogen-bond donors (Lipinski definition) is 2. The van der Waals surface area contributed by atoms with Crippen LogP contribution in [0.3, 0.4) is 0 Å². The highest BCUT2D eigenvalue weighted by Gasteiger charge is 2.25. The van der Waals surface area contributed by atoms with Crippen molar-refractivity contribution >= 4 is 10.2 Å². The van der Waals surface area contributed by atoms with E-state index in [-0.39, 0.29) is 6.04 Å². The van der Waals surface area contributed by atoms with Gasteiger partial charge in [-0.25, -0.2) is 0 Å². The third-order valence-electron chi connectivity index (χ3n) is 2.26. The summed E-state index contributed by atoms with van der Waals surface area (Å²) < 4.78 is 32.2. The molecule has 0 aromatic rings. The number of piperazine rings is 1. The van der Waals surface area contributed by atoms with Crippen LogP contribution in [0.25, 0.3) is 0 Å². The van der Waals surface area contributed by atoms with Crippen LogP contribution in [0, 0.1) is 0 Å². The lowest BCUT2D eigenvalue weighted by molar-refractivity contribution is 0.203. The van der Waals surface area contributed by atoms with Crippen molar-refractivity contribution in [3.8, 4) is 0 Å². The molecule has 0 aliphatic carbocycles. The first kappa shape index (κ1) is 12.9. The van der Waals surface area contributed by atoms with Gasteiger partial charge in [0.05, 0.1) is 6.61 Å². The zero-order chi connectivity index (χ0) is 11.3. The van der Waals surface area contributed by atoms with Crippen molar-refractivity contribution < 1.29 is 13.2 Å². The molecule has 1 aliphatic rings. The van der Waals surface area contributed by atoms with Gasteiger partial charge < -0.3 is 10.1 Å². The Bertz CT molecular complexity index is 281. The van der Waals surface area contributed by atoms with E-state index in [1.807, 2.05) is 6.92 Å². The second-order valence-electron chi connectivity index (χ2n) is 3.61. The minimum atomic E-state index is -3.33. The van der Waals surface area contributed by atoms with E-state index in [1.165, 1.54) is 4.31 Å². The Morgan fingerprint density at radius 3 is 2.93 bits per heavy atom. The molecule has 6 nitrogen and oxygen atoms in total. The molecule has 0 aromatic heterocycles. The molecule has 1 heterocycles. The average molecular weight is 237 g/mol. The number of ether oxygens (including phenoxy) is 1. The molecule has 0 saturated carbocycles. The summed E-state index contributed by atoms with van der Waals surface area (Å²) in [4.78, 5) is 0. The first-order valence-electron chi connectivity index (χ1n) is 5.03. The number of rotatable bonds is 5. The molecule has 0 unspecified atom stereocenters. The minimum absolute atomic E-state index is 0.206. The van der Waals surface area contributed by atoms with E-state index in [0.29, 0.717) is 32.8 Å². The molecule has 15 heavy (non-hydrogen) atoms. The van der Waals surface area contributed by atoms with E-state index >= 15 is 0 Å². The molecular weight excluding hydrogens is 218 g/mol. The quantitative estimate of drug-likeness (QED) is 0.587. The van der Waals surface area contributed by atoms with Crippen molar-refractivity contribution in [2.45, 2.75) is 13.0 Å². The van der Waals surface area contributed by atoms with Gasteiger partial charge in [0.25, 0.3) is 10.2 Å². The largest absolute Gasteiger partial charge is 0.383 e. The number of methoxy groups -OCH3 is 1. The summed E-state index contributed by atoms with van der Waals surface area (Å²) in [6, 6.07) is 0.206. The van der Waals surface area contributed by atoms with Gasteiger partial charge in [0.1, 0.15) is 0 Å². The SMILES string of the molecule is COCCNS(=O)(=O)N1CCN[C@H](C)C1. The molecule has 0 amide bonds. The van der Waals surface area contributed by atoms with Gasteiger partial charge in [0.2, 0.25) is 0 Å². The van der Waals surface area contributed by atoms with Crippen molar-refractivity contribution in [2.24, 2.45) is 0 Å². The van der Waals surface area contributed by atoms with Crippen molar-refractivity contribution in [1.82, 2.24) is 14.3 Å². The zero-order valence-corrected chi connectivity index (χ0v) is 10.0. The summed E-state index contributed by atoms with van der Waals surface area (Å²) in [6.07, 6.45) is 0. The van der Waals surface area contributed by atoms with Crippen molar-refractivity contribution in [3.63, 3.8) is 0 Å². The lowest BCUT2D eigenvalue weighted by atomic mass is 10.3. The number of nitrogens with one attached hydrogen (secondary N) is 2. The van der Waals surface area contributed by atoms with Crippen molar-refractivity contribution in [3.05, 3.63) is 0 Å². The van der Waals surface area contributed by atoms with Crippen LogP contribution in [0.1, 0.15) is 6.92 Å². The number of hydrogen-bond acceptors (Lipinski definition) is 4. The zero-order valence-electron chi connectivity index (χ0n) is 9.19. The van der Waals surface area contributed by atoms with Crippen LogP contribution >= 0.6 is 0 Å². The van der Waals surface area contributed by atoms with Crippen LogP contribution in [0.5, 0.6) is 0 Å². The van der Waals surface area contributed by atoms with Crippen LogP contribution in [0.4, 0.5) is 0 Å². The van der Waals surface area contributed by atoms with E-state index < -0.39 is 10.2 Å². The Morgan fingerprint density at radius 1 is 1.60 bits per heavy atom. The first-order valence-corrected chi connectivity index (χ1v) is 6.47. The molecule has 0 aromatic carbocycles. The second-order valence-corrected chi connectivity index (χ2v) is 5.36. The summed E-state index contributed by atoms with van der Waals surface area (Å²) in [5.74, 6) is 0. The molecule has 1 atom stereocenters. The predicted octanol–water partition coefficient (Wildman–Crippen LogP) is -1.24. The monoisotopic (exact) mass is 237 g/mol. The fourth-order valence-electron chi connectivity index (χ4n) is 1.48. The summed E-state index contributed by atoms with van der Waals surface area (Å²) in [5, 5.41) is 3.19. The highest BCUT2D eigenvalue weighted by Crippen LogP contribution is 2.03. The molecule has 0 radical (unpaired) electrons. The first-order chi connectivity index (χ1) is 7.06. The van der Waals surface area contributed by atoms with Gasteiger partial charge in [0.15, 0.2) is 0 Å². The lowest BCUT2D eigenvalue weighted by Gasteiger charge is -2.30. The van der Waals surface area contributed by atoms with E-state index in [0.717, 1.165) is 0 Å². The van der Waals surface area contributed by atoms with Crippen molar-refractivity contribution in [1.29, 1.82) is 0 Å². The maximum Gasteiger partial charge on any atom is 0.279 e. The normalized spacial score (nSPS) is 24.3. The standard InChI is InChI=1S/C8H19N3O3S/c1-8-7-11(5-3-9-8)15(12,13)10-4-6-14-2/h8-10H,3-7H2,1-2H3/t8-/m1/s1. The predicted molar refractivity (Wildman–Crippen MR) is 57.8 cm³/mol. The molecule has 0 spiro atoms. The van der Waals surface area contributed by atoms with Crippen LogP contribution < -0.4 is 10.0 Å². The Balaban J connectivity index is 2.45. The maximum atomic E-state index is 11.7. The summed E-state index contributed by atoms with van der Waals surface area (Å²) in [6.45, 7) is 4.41. The van der Waals surface area contributed by atoms with Crippen LogP contribution in [0.2, 0.25) is 0 Å². The van der Waals surface area contributed by atoms with Crippen LogP contribution in [-0.2, 0) is 14.9 Å². The van der Waals surface area contributed by atoms with E-state index in [2.05, 4.69) is 10.0 Å². The third kappa shape index (κ3) is 4.04. The Morgan fingerprint density at radius 2 is 2.33 bits per heavy atom. The van der Waals surface area contributed by atoms with Gasteiger partial charge in [-0.2, -0.15) is 17.4 Å². The molecule has 1 fully saturated rings. The molecule has 0 bridgehead atoms. The van der Waals surface area contributed by atoms with Gasteiger partial charge in [-0.05, 0) is 6.92 Å². The van der Waals surface area contributed by atoms with E-state index in [4.69, 9.17) is 4.74 Å². The fraction of sp³-hybridized carbons (Fsp3) is 1.00. The molecular formula is C8H19N3O3S. The molecule has 7 heteroatoms.